The van der Waals surface area contributed by atoms with Gasteiger partial charge in [-0.3, -0.25) is 4.79 Å². The highest BCUT2D eigenvalue weighted by atomic mass is 35.5. The fraction of sp³-hybridized carbons (Fsp3) is 0.455. The van der Waals surface area contributed by atoms with Gasteiger partial charge in [0.1, 0.15) is 22.8 Å². The molecule has 7 nitrogen and oxygen atoms in total. The zero-order valence-electron chi connectivity index (χ0n) is 17.5. The van der Waals surface area contributed by atoms with E-state index in [2.05, 4.69) is 20.4 Å². The third-order valence-electron chi connectivity index (χ3n) is 5.51. The van der Waals surface area contributed by atoms with E-state index >= 15 is 0 Å². The van der Waals surface area contributed by atoms with Gasteiger partial charge in [-0.05, 0) is 37.5 Å². The van der Waals surface area contributed by atoms with Gasteiger partial charge in [0.25, 0.3) is 5.71 Å². The molecule has 0 spiro atoms. The van der Waals surface area contributed by atoms with E-state index in [0.29, 0.717) is 23.5 Å². The molecule has 0 saturated carbocycles. The Morgan fingerprint density at radius 3 is 2.74 bits per heavy atom. The van der Waals surface area contributed by atoms with Crippen LogP contribution >= 0.6 is 11.6 Å². The number of nitrogens with one attached hydrogen (secondary N) is 1. The van der Waals surface area contributed by atoms with Crippen molar-refractivity contribution in [3.8, 4) is 0 Å². The summed E-state index contributed by atoms with van der Waals surface area (Å²) in [5, 5.41) is 8.01. The van der Waals surface area contributed by atoms with Crippen LogP contribution in [0.3, 0.4) is 0 Å². The summed E-state index contributed by atoms with van der Waals surface area (Å²) in [7, 11) is 0. The minimum absolute atomic E-state index is 0.158. The molecule has 1 aliphatic heterocycles. The maximum atomic E-state index is 13.2. The largest absolute Gasteiger partial charge is 0.356 e. The van der Waals surface area contributed by atoms with E-state index in [1.807, 2.05) is 6.92 Å². The number of hydrogen-bond donors (Lipinski definition) is 1. The summed E-state index contributed by atoms with van der Waals surface area (Å²) in [6.45, 7) is 4.01. The van der Waals surface area contributed by atoms with Crippen LogP contribution in [0, 0.1) is 12.7 Å². The number of halogens is 2. The van der Waals surface area contributed by atoms with E-state index in [0.717, 1.165) is 42.8 Å². The first-order valence-corrected chi connectivity index (χ1v) is 11.0. The maximum absolute atomic E-state index is 13.2. The van der Waals surface area contributed by atoms with Crippen LogP contribution in [0.2, 0.25) is 5.02 Å². The molecule has 1 N–H and O–H groups in total. The van der Waals surface area contributed by atoms with E-state index in [9.17, 15) is 9.18 Å². The summed E-state index contributed by atoms with van der Waals surface area (Å²) in [6.07, 6.45) is 5.28. The molecule has 3 heterocycles. The number of aromatic nitrogens is 3. The van der Waals surface area contributed by atoms with Gasteiger partial charge in [-0.15, -0.1) is 0 Å². The van der Waals surface area contributed by atoms with E-state index in [1.165, 1.54) is 25.0 Å². The van der Waals surface area contributed by atoms with Crippen LogP contribution in [0.1, 0.15) is 49.2 Å². The molecule has 0 aliphatic carbocycles. The fourth-order valence-corrected chi connectivity index (χ4v) is 4.04. The van der Waals surface area contributed by atoms with E-state index in [-0.39, 0.29) is 23.9 Å². The average molecular weight is 446 g/mol. The first-order valence-electron chi connectivity index (χ1n) is 10.6. The van der Waals surface area contributed by atoms with Gasteiger partial charge in [0.2, 0.25) is 5.91 Å². The molecular weight excluding hydrogens is 421 g/mol. The van der Waals surface area contributed by atoms with Crippen LogP contribution in [0.15, 0.2) is 22.7 Å². The highest BCUT2D eigenvalue weighted by Gasteiger charge is 2.21. The second-order valence-corrected chi connectivity index (χ2v) is 8.23. The number of nitrogens with zero attached hydrogens (tertiary/aromatic N) is 4. The lowest BCUT2D eigenvalue weighted by atomic mass is 10.2. The Hall–Kier alpha value is -2.74. The molecule has 0 radical (unpaired) electrons. The average Bonchev–Trinajstić information content (AvgIpc) is 2.95. The molecule has 1 amide bonds. The number of carbonyl (C=O) groups is 1. The molecule has 1 aliphatic rings. The summed E-state index contributed by atoms with van der Waals surface area (Å²) in [5.41, 5.74) is 1.89. The second-order valence-electron chi connectivity index (χ2n) is 7.83. The first-order chi connectivity index (χ1) is 15.0. The van der Waals surface area contributed by atoms with Gasteiger partial charge >= 0.3 is 0 Å². The van der Waals surface area contributed by atoms with Crippen molar-refractivity contribution in [3.63, 3.8) is 0 Å². The Balaban J connectivity index is 1.45. The minimum atomic E-state index is -0.407. The van der Waals surface area contributed by atoms with Gasteiger partial charge in [-0.2, -0.15) is 4.98 Å². The van der Waals surface area contributed by atoms with Gasteiger partial charge in [0, 0.05) is 37.5 Å². The normalized spacial score (nSPS) is 14.6. The standard InChI is InChI=1S/C22H25ClFN5O2/c1-14-20-21(29-10-4-2-3-5-11-29)26-18(27-22(20)31-28-14)8-9-19(30)25-13-15-6-7-16(24)12-17(15)23/h6-7,12H,2-5,8-11,13H2,1H3,(H,25,30). The highest BCUT2D eigenvalue weighted by Crippen LogP contribution is 2.29. The predicted octanol–water partition coefficient (Wildman–Crippen LogP) is 4.35. The zero-order chi connectivity index (χ0) is 21.8. The second kappa shape index (κ2) is 9.60. The van der Waals surface area contributed by atoms with Gasteiger partial charge in [0.05, 0.1) is 5.69 Å². The third-order valence-corrected chi connectivity index (χ3v) is 5.86. The van der Waals surface area contributed by atoms with Gasteiger partial charge in [-0.1, -0.05) is 35.7 Å². The number of hydrogen-bond acceptors (Lipinski definition) is 6. The molecule has 1 aromatic carbocycles. The Morgan fingerprint density at radius 1 is 1.23 bits per heavy atom. The van der Waals surface area contributed by atoms with Gasteiger partial charge in [-0.25, -0.2) is 9.37 Å². The van der Waals surface area contributed by atoms with Crippen LogP contribution in [0.4, 0.5) is 10.2 Å². The lowest BCUT2D eigenvalue weighted by Crippen LogP contribution is -2.26. The molecule has 1 saturated heterocycles. The monoisotopic (exact) mass is 445 g/mol. The maximum Gasteiger partial charge on any atom is 0.263 e. The first kappa shape index (κ1) is 21.5. The van der Waals surface area contributed by atoms with Crippen LogP contribution < -0.4 is 10.2 Å². The topological polar surface area (TPSA) is 84.1 Å². The van der Waals surface area contributed by atoms with E-state index in [1.54, 1.807) is 6.07 Å². The van der Waals surface area contributed by atoms with Crippen molar-refractivity contribution in [2.75, 3.05) is 18.0 Å². The molecule has 1 fully saturated rings. The number of aryl methyl sites for hydroxylation is 2. The number of fused-ring (bicyclic) bond motifs is 1. The molecule has 0 unspecified atom stereocenters. The molecular formula is C22H25ClFN5O2. The zero-order valence-corrected chi connectivity index (χ0v) is 18.2. The molecule has 9 heteroatoms. The summed E-state index contributed by atoms with van der Waals surface area (Å²) in [4.78, 5) is 23.9. The number of rotatable bonds is 6. The molecule has 0 atom stereocenters. The highest BCUT2D eigenvalue weighted by molar-refractivity contribution is 6.31. The molecule has 3 aromatic rings. The Bertz CT molecular complexity index is 1080. The Morgan fingerprint density at radius 2 is 2.00 bits per heavy atom. The molecule has 164 valence electrons. The lowest BCUT2D eigenvalue weighted by Gasteiger charge is -2.22. The Labute approximate surface area is 185 Å². The molecule has 0 bridgehead atoms. The molecule has 31 heavy (non-hydrogen) atoms. The number of amides is 1. The number of anilines is 1. The van der Waals surface area contributed by atoms with Crippen molar-refractivity contribution in [3.05, 3.63) is 46.1 Å². The summed E-state index contributed by atoms with van der Waals surface area (Å²) in [6, 6.07) is 4.12. The van der Waals surface area contributed by atoms with Gasteiger partial charge in [0.15, 0.2) is 0 Å². The van der Waals surface area contributed by atoms with Crippen LogP contribution in [-0.4, -0.2) is 34.1 Å². The molecule has 2 aromatic heterocycles. The van der Waals surface area contributed by atoms with Crippen LogP contribution in [-0.2, 0) is 17.8 Å². The van der Waals surface area contributed by atoms with Crippen LogP contribution in [0.5, 0.6) is 0 Å². The van der Waals surface area contributed by atoms with E-state index < -0.39 is 5.82 Å². The summed E-state index contributed by atoms with van der Waals surface area (Å²) >= 11 is 6.01. The van der Waals surface area contributed by atoms with Crippen molar-refractivity contribution in [1.82, 2.24) is 20.4 Å². The van der Waals surface area contributed by atoms with Gasteiger partial charge < -0.3 is 14.7 Å². The fourth-order valence-electron chi connectivity index (χ4n) is 3.81. The lowest BCUT2D eigenvalue weighted by molar-refractivity contribution is -0.121. The molecule has 4 rings (SSSR count). The quantitative estimate of drug-likeness (QED) is 0.607. The predicted molar refractivity (Wildman–Crippen MR) is 117 cm³/mol. The summed E-state index contributed by atoms with van der Waals surface area (Å²) in [5.74, 6) is 0.835. The third kappa shape index (κ3) is 5.12. The smallest absolute Gasteiger partial charge is 0.263 e. The summed E-state index contributed by atoms with van der Waals surface area (Å²) < 4.78 is 18.6. The number of benzene rings is 1. The minimum Gasteiger partial charge on any atom is -0.356 e. The Kier molecular flexibility index (Phi) is 6.65. The van der Waals surface area contributed by atoms with Crippen molar-refractivity contribution >= 4 is 34.4 Å². The van der Waals surface area contributed by atoms with Crippen molar-refractivity contribution in [1.29, 1.82) is 0 Å². The van der Waals surface area contributed by atoms with Crippen molar-refractivity contribution in [2.45, 2.75) is 52.0 Å². The number of carbonyl (C=O) groups excluding carboxylic acids is 1. The van der Waals surface area contributed by atoms with Crippen molar-refractivity contribution < 1.29 is 13.7 Å². The SMILES string of the molecule is Cc1noc2nc(CCC(=O)NCc3ccc(F)cc3Cl)nc(N3CCCCCC3)c12. The van der Waals surface area contributed by atoms with E-state index in [4.69, 9.17) is 21.1 Å². The van der Waals surface area contributed by atoms with Crippen LogP contribution in [0.25, 0.3) is 11.1 Å². The van der Waals surface area contributed by atoms with Crippen molar-refractivity contribution in [2.24, 2.45) is 0 Å².